The lowest BCUT2D eigenvalue weighted by atomic mass is 10.1. The summed E-state index contributed by atoms with van der Waals surface area (Å²) in [5, 5.41) is 13.7. The summed E-state index contributed by atoms with van der Waals surface area (Å²) in [5.41, 5.74) is 3.13. The highest BCUT2D eigenvalue weighted by molar-refractivity contribution is 7.91. The summed E-state index contributed by atoms with van der Waals surface area (Å²) in [7, 11) is -2.91. The number of carbonyl (C=O) groups is 1. The number of H-pyrrole nitrogens is 1. The smallest absolute Gasteiger partial charge is 0.255 e. The fourth-order valence-corrected chi connectivity index (χ4v) is 5.63. The molecule has 1 atom stereocenters. The van der Waals surface area contributed by atoms with Crippen molar-refractivity contribution in [1.29, 1.82) is 0 Å². The number of anilines is 1. The van der Waals surface area contributed by atoms with Crippen molar-refractivity contribution in [1.82, 2.24) is 25.4 Å². The van der Waals surface area contributed by atoms with Crippen LogP contribution in [-0.2, 0) is 16.4 Å². The number of rotatable bonds is 6. The minimum absolute atomic E-state index is 0.190. The largest absolute Gasteiger partial charge is 0.322 e. The summed E-state index contributed by atoms with van der Waals surface area (Å²) in [5.74, 6) is 2.12. The predicted octanol–water partition coefficient (Wildman–Crippen LogP) is 2.03. The first kappa shape index (κ1) is 22.7. The number of nitrogens with one attached hydrogen (secondary N) is 3. The van der Waals surface area contributed by atoms with Gasteiger partial charge in [0.05, 0.1) is 11.5 Å². The van der Waals surface area contributed by atoms with E-state index in [0.29, 0.717) is 42.6 Å². The van der Waals surface area contributed by atoms with Crippen LogP contribution in [0.4, 0.5) is 5.69 Å². The Morgan fingerprint density at radius 1 is 1.12 bits per heavy atom. The predicted molar refractivity (Wildman–Crippen MR) is 130 cm³/mol. The second-order valence-electron chi connectivity index (χ2n) is 8.89. The van der Waals surface area contributed by atoms with E-state index in [4.69, 9.17) is 0 Å². The van der Waals surface area contributed by atoms with Gasteiger partial charge in [0, 0.05) is 48.9 Å². The Labute approximate surface area is 198 Å². The third-order valence-corrected chi connectivity index (χ3v) is 7.99. The molecular formula is C24H28N6O3S. The topological polar surface area (TPSA) is 120 Å². The molecule has 0 radical (unpaired) electrons. The lowest BCUT2D eigenvalue weighted by Gasteiger charge is -2.26. The van der Waals surface area contributed by atoms with Gasteiger partial charge in [0.15, 0.2) is 15.7 Å². The minimum atomic E-state index is -2.91. The fourth-order valence-electron chi connectivity index (χ4n) is 4.36. The normalized spacial score (nSPS) is 20.3. The monoisotopic (exact) mass is 480 g/mol. The molecule has 2 fully saturated rings. The lowest BCUT2D eigenvalue weighted by Crippen LogP contribution is -2.39. The maximum Gasteiger partial charge on any atom is 0.255 e. The highest BCUT2D eigenvalue weighted by atomic mass is 32.2. The van der Waals surface area contributed by atoms with Crippen LogP contribution in [0.3, 0.4) is 0 Å². The molecule has 2 aromatic carbocycles. The molecule has 0 spiro atoms. The van der Waals surface area contributed by atoms with Crippen molar-refractivity contribution in [2.45, 2.75) is 18.9 Å². The zero-order chi connectivity index (χ0) is 23.5. The van der Waals surface area contributed by atoms with Crippen LogP contribution < -0.4 is 10.6 Å². The summed E-state index contributed by atoms with van der Waals surface area (Å²) in [6.45, 7) is 3.59. The van der Waals surface area contributed by atoms with Gasteiger partial charge in [0.25, 0.3) is 5.91 Å². The van der Waals surface area contributed by atoms with Crippen molar-refractivity contribution in [3.8, 4) is 11.4 Å². The van der Waals surface area contributed by atoms with E-state index in [2.05, 4.69) is 30.7 Å². The second-order valence-corrected chi connectivity index (χ2v) is 11.2. The highest BCUT2D eigenvalue weighted by Crippen LogP contribution is 2.23. The first-order chi connectivity index (χ1) is 16.4. The molecule has 3 heterocycles. The second kappa shape index (κ2) is 9.65. The molecule has 9 nitrogen and oxygen atoms in total. The molecule has 0 aliphatic carbocycles. The van der Waals surface area contributed by atoms with E-state index in [-0.39, 0.29) is 17.4 Å². The number of carbonyl (C=O) groups excluding carboxylic acids is 1. The summed E-state index contributed by atoms with van der Waals surface area (Å²) in [6, 6.07) is 14.9. The number of hydrogen-bond acceptors (Lipinski definition) is 7. The maximum absolute atomic E-state index is 12.8. The molecule has 2 aliphatic rings. The molecule has 3 aromatic rings. The Morgan fingerprint density at radius 2 is 1.91 bits per heavy atom. The van der Waals surface area contributed by atoms with Gasteiger partial charge in [-0.25, -0.2) is 13.4 Å². The molecule has 178 valence electrons. The molecule has 1 aromatic heterocycles. The average Bonchev–Trinajstić information content (AvgIpc) is 3.53. The van der Waals surface area contributed by atoms with E-state index in [0.717, 1.165) is 36.5 Å². The molecule has 0 saturated carbocycles. The number of aromatic amines is 1. The molecule has 3 N–H and O–H groups in total. The van der Waals surface area contributed by atoms with Crippen molar-refractivity contribution in [3.05, 3.63) is 65.5 Å². The standard InChI is InChI=1S/C24H28N6O3S/c31-24(19-3-1-2-17(14-19)16-30-10-12-34(32,33)13-11-30)26-21-6-4-18(5-7-21)22-27-23(29-28-22)20-8-9-25-15-20/h1-7,14,20,25H,8-13,15-16H2,(H,26,31)(H,27,28,29). The molecule has 2 saturated heterocycles. The van der Waals surface area contributed by atoms with E-state index < -0.39 is 9.84 Å². The van der Waals surface area contributed by atoms with E-state index >= 15 is 0 Å². The first-order valence-electron chi connectivity index (χ1n) is 11.5. The third-order valence-electron chi connectivity index (χ3n) is 6.38. The number of aromatic nitrogens is 3. The molecule has 1 unspecified atom stereocenters. The van der Waals surface area contributed by atoms with Crippen molar-refractivity contribution in [2.75, 3.05) is 43.0 Å². The number of amides is 1. The average molecular weight is 481 g/mol. The molecule has 0 bridgehead atoms. The van der Waals surface area contributed by atoms with E-state index in [1.165, 1.54) is 0 Å². The third kappa shape index (κ3) is 5.35. The summed E-state index contributed by atoms with van der Waals surface area (Å²) >= 11 is 0. The van der Waals surface area contributed by atoms with Gasteiger partial charge in [-0.1, -0.05) is 12.1 Å². The Hall–Kier alpha value is -3.08. The Kier molecular flexibility index (Phi) is 6.44. The van der Waals surface area contributed by atoms with Gasteiger partial charge in [-0.2, -0.15) is 5.10 Å². The minimum Gasteiger partial charge on any atom is -0.322 e. The van der Waals surface area contributed by atoms with E-state index in [9.17, 15) is 13.2 Å². The molecule has 2 aliphatic heterocycles. The van der Waals surface area contributed by atoms with Gasteiger partial charge in [-0.05, 0) is 54.9 Å². The van der Waals surface area contributed by atoms with Crippen molar-refractivity contribution >= 4 is 21.4 Å². The van der Waals surface area contributed by atoms with Gasteiger partial charge in [-0.15, -0.1) is 0 Å². The number of sulfone groups is 1. The lowest BCUT2D eigenvalue weighted by molar-refractivity contribution is 0.102. The fraction of sp³-hybridized carbons (Fsp3) is 0.375. The zero-order valence-electron chi connectivity index (χ0n) is 18.8. The Morgan fingerprint density at radius 3 is 2.65 bits per heavy atom. The molecule has 34 heavy (non-hydrogen) atoms. The number of hydrogen-bond donors (Lipinski definition) is 3. The van der Waals surface area contributed by atoms with Gasteiger partial charge in [0.2, 0.25) is 0 Å². The van der Waals surface area contributed by atoms with Crippen LogP contribution in [-0.4, -0.2) is 72.1 Å². The number of nitrogens with zero attached hydrogens (tertiary/aromatic N) is 3. The Bertz CT molecular complexity index is 1250. The first-order valence-corrected chi connectivity index (χ1v) is 13.3. The van der Waals surface area contributed by atoms with Crippen molar-refractivity contribution < 1.29 is 13.2 Å². The maximum atomic E-state index is 12.8. The van der Waals surface area contributed by atoms with Crippen molar-refractivity contribution in [3.63, 3.8) is 0 Å². The van der Waals surface area contributed by atoms with Gasteiger partial charge in [-0.3, -0.25) is 14.8 Å². The quantitative estimate of drug-likeness (QED) is 0.494. The van der Waals surface area contributed by atoms with Gasteiger partial charge >= 0.3 is 0 Å². The van der Waals surface area contributed by atoms with Crippen LogP contribution >= 0.6 is 0 Å². The van der Waals surface area contributed by atoms with Crippen molar-refractivity contribution in [2.24, 2.45) is 0 Å². The van der Waals surface area contributed by atoms with E-state index in [1.54, 1.807) is 6.07 Å². The van der Waals surface area contributed by atoms with Crippen LogP contribution in [0, 0.1) is 0 Å². The van der Waals surface area contributed by atoms with Gasteiger partial charge < -0.3 is 10.6 Å². The summed E-state index contributed by atoms with van der Waals surface area (Å²) in [6.07, 6.45) is 1.06. The van der Waals surface area contributed by atoms with Gasteiger partial charge in [0.1, 0.15) is 5.82 Å². The molecule has 1 amide bonds. The Balaban J connectivity index is 1.20. The van der Waals surface area contributed by atoms with Crippen LogP contribution in [0.25, 0.3) is 11.4 Å². The summed E-state index contributed by atoms with van der Waals surface area (Å²) < 4.78 is 23.3. The number of benzene rings is 2. The van der Waals surface area contributed by atoms with Crippen LogP contribution in [0.1, 0.15) is 34.1 Å². The SMILES string of the molecule is O=C(Nc1ccc(-c2n[nH]c(C3CCNC3)n2)cc1)c1cccc(CN2CCS(=O)(=O)CC2)c1. The molecule has 10 heteroatoms. The molecular weight excluding hydrogens is 452 g/mol. The summed E-state index contributed by atoms with van der Waals surface area (Å²) in [4.78, 5) is 19.5. The molecule has 5 rings (SSSR count). The van der Waals surface area contributed by atoms with Crippen LogP contribution in [0.5, 0.6) is 0 Å². The van der Waals surface area contributed by atoms with Crippen LogP contribution in [0.2, 0.25) is 0 Å². The zero-order valence-corrected chi connectivity index (χ0v) is 19.6. The highest BCUT2D eigenvalue weighted by Gasteiger charge is 2.22. The van der Waals surface area contributed by atoms with Crippen LogP contribution in [0.15, 0.2) is 48.5 Å². The van der Waals surface area contributed by atoms with E-state index in [1.807, 2.05) is 42.5 Å².